The molecule has 94 valence electrons. The van der Waals surface area contributed by atoms with Crippen LogP contribution in [0.5, 0.6) is 0 Å². The number of hydrogen-bond donors (Lipinski definition) is 1. The zero-order valence-corrected chi connectivity index (χ0v) is 11.1. The van der Waals surface area contributed by atoms with E-state index in [1.807, 2.05) is 0 Å². The molecule has 2 heteroatoms. The molecule has 1 N–H and O–H groups in total. The van der Waals surface area contributed by atoms with Gasteiger partial charge in [0.1, 0.15) is 0 Å². The average molecular weight is 232 g/mol. The van der Waals surface area contributed by atoms with Crippen LogP contribution in [0.1, 0.15) is 30.4 Å². The molecule has 0 aromatic heterocycles. The van der Waals surface area contributed by atoms with Crippen LogP contribution in [0.4, 0.5) is 0 Å². The Labute approximate surface area is 105 Å². The van der Waals surface area contributed by atoms with E-state index in [9.17, 15) is 0 Å². The lowest BCUT2D eigenvalue weighted by molar-refractivity contribution is 0.222. The van der Waals surface area contributed by atoms with Gasteiger partial charge in [0, 0.05) is 19.1 Å². The number of nitrogens with zero attached hydrogens (tertiary/aromatic N) is 1. The van der Waals surface area contributed by atoms with Gasteiger partial charge in [-0.2, -0.15) is 0 Å². The second-order valence-electron chi connectivity index (χ2n) is 5.20. The fourth-order valence-corrected chi connectivity index (χ4v) is 2.56. The largest absolute Gasteiger partial charge is 0.315 e. The van der Waals surface area contributed by atoms with Crippen molar-refractivity contribution in [1.82, 2.24) is 10.2 Å². The van der Waals surface area contributed by atoms with E-state index in [1.54, 1.807) is 0 Å². The van der Waals surface area contributed by atoms with E-state index < -0.39 is 0 Å². The third-order valence-corrected chi connectivity index (χ3v) is 3.83. The Morgan fingerprint density at radius 3 is 2.94 bits per heavy atom. The highest BCUT2D eigenvalue weighted by Crippen LogP contribution is 2.15. The molecule has 0 radical (unpaired) electrons. The van der Waals surface area contributed by atoms with Gasteiger partial charge in [0.25, 0.3) is 0 Å². The van der Waals surface area contributed by atoms with E-state index in [0.717, 1.165) is 13.1 Å². The second kappa shape index (κ2) is 6.18. The molecule has 0 aliphatic carbocycles. The molecule has 2 nitrogen and oxygen atoms in total. The third kappa shape index (κ3) is 3.55. The van der Waals surface area contributed by atoms with Crippen LogP contribution in [-0.2, 0) is 6.54 Å². The third-order valence-electron chi connectivity index (χ3n) is 3.83. The van der Waals surface area contributed by atoms with E-state index in [-0.39, 0.29) is 0 Å². The van der Waals surface area contributed by atoms with Crippen LogP contribution in [0.25, 0.3) is 0 Å². The highest BCUT2D eigenvalue weighted by molar-refractivity contribution is 5.25. The van der Waals surface area contributed by atoms with Crippen LogP contribution in [0.2, 0.25) is 0 Å². The molecule has 1 unspecified atom stereocenters. The zero-order chi connectivity index (χ0) is 12.1. The summed E-state index contributed by atoms with van der Waals surface area (Å²) in [5.41, 5.74) is 2.86. The van der Waals surface area contributed by atoms with Crippen molar-refractivity contribution in [2.45, 2.75) is 38.8 Å². The molecular weight excluding hydrogens is 208 g/mol. The molecule has 0 spiro atoms. The maximum Gasteiger partial charge on any atom is 0.0236 e. The maximum absolute atomic E-state index is 3.54. The minimum atomic E-state index is 0.692. The van der Waals surface area contributed by atoms with Gasteiger partial charge in [-0.15, -0.1) is 0 Å². The first kappa shape index (κ1) is 12.6. The highest BCUT2D eigenvalue weighted by Gasteiger charge is 2.16. The van der Waals surface area contributed by atoms with Crippen molar-refractivity contribution >= 4 is 0 Å². The summed E-state index contributed by atoms with van der Waals surface area (Å²) in [6, 6.07) is 9.40. The van der Waals surface area contributed by atoms with E-state index >= 15 is 0 Å². The van der Waals surface area contributed by atoms with E-state index in [0.29, 0.717) is 6.04 Å². The van der Waals surface area contributed by atoms with E-state index in [2.05, 4.69) is 48.5 Å². The van der Waals surface area contributed by atoms with Crippen molar-refractivity contribution in [2.75, 3.05) is 20.1 Å². The topological polar surface area (TPSA) is 15.3 Å². The summed E-state index contributed by atoms with van der Waals surface area (Å²) in [5, 5.41) is 3.54. The molecule has 1 fully saturated rings. The van der Waals surface area contributed by atoms with Gasteiger partial charge in [-0.25, -0.2) is 0 Å². The van der Waals surface area contributed by atoms with E-state index in [1.165, 1.54) is 36.9 Å². The van der Waals surface area contributed by atoms with Crippen molar-refractivity contribution in [1.29, 1.82) is 0 Å². The molecule has 1 atom stereocenters. The van der Waals surface area contributed by atoms with Gasteiger partial charge in [-0.05, 0) is 44.5 Å². The van der Waals surface area contributed by atoms with Crippen molar-refractivity contribution in [3.05, 3.63) is 35.4 Å². The molecule has 1 aliphatic rings. The molecule has 1 aromatic carbocycles. The Kier molecular flexibility index (Phi) is 4.57. The number of benzene rings is 1. The molecule has 0 saturated carbocycles. The minimum absolute atomic E-state index is 0.692. The van der Waals surface area contributed by atoms with Crippen LogP contribution < -0.4 is 5.32 Å². The standard InChI is InChI=1S/C15H24N2/c1-13-7-3-4-8-14(13)12-17(2)15-9-5-6-10-16-11-15/h3-4,7-8,15-16H,5-6,9-12H2,1-2H3. The Balaban J connectivity index is 1.95. The molecule has 0 bridgehead atoms. The summed E-state index contributed by atoms with van der Waals surface area (Å²) >= 11 is 0. The number of hydrogen-bond acceptors (Lipinski definition) is 2. The summed E-state index contributed by atoms with van der Waals surface area (Å²) in [4.78, 5) is 2.50. The van der Waals surface area contributed by atoms with Crippen molar-refractivity contribution < 1.29 is 0 Å². The fourth-order valence-electron chi connectivity index (χ4n) is 2.56. The molecule has 17 heavy (non-hydrogen) atoms. The predicted octanol–water partition coefficient (Wildman–Crippen LogP) is 2.57. The lowest BCUT2D eigenvalue weighted by Crippen LogP contribution is -2.38. The monoisotopic (exact) mass is 232 g/mol. The SMILES string of the molecule is Cc1ccccc1CN(C)C1CCCCNC1. The lowest BCUT2D eigenvalue weighted by atomic mass is 10.1. The van der Waals surface area contributed by atoms with Gasteiger partial charge in [-0.3, -0.25) is 4.90 Å². The smallest absolute Gasteiger partial charge is 0.0236 e. The summed E-state index contributed by atoms with van der Waals surface area (Å²) in [6.45, 7) is 5.60. The quantitative estimate of drug-likeness (QED) is 0.861. The van der Waals surface area contributed by atoms with Crippen LogP contribution in [0.3, 0.4) is 0 Å². The summed E-state index contributed by atoms with van der Waals surface area (Å²) in [6.07, 6.45) is 4.01. The molecule has 1 aliphatic heterocycles. The minimum Gasteiger partial charge on any atom is -0.315 e. The first-order valence-corrected chi connectivity index (χ1v) is 6.73. The van der Waals surface area contributed by atoms with Gasteiger partial charge >= 0.3 is 0 Å². The molecular formula is C15H24N2. The first-order chi connectivity index (χ1) is 8.27. The number of aryl methyl sites for hydroxylation is 1. The van der Waals surface area contributed by atoms with Gasteiger partial charge in [0.15, 0.2) is 0 Å². The van der Waals surface area contributed by atoms with Gasteiger partial charge in [0.2, 0.25) is 0 Å². The van der Waals surface area contributed by atoms with Crippen molar-refractivity contribution in [3.63, 3.8) is 0 Å². The normalized spacial score (nSPS) is 21.5. The van der Waals surface area contributed by atoms with Crippen LogP contribution >= 0.6 is 0 Å². The fraction of sp³-hybridized carbons (Fsp3) is 0.600. The molecule has 1 heterocycles. The van der Waals surface area contributed by atoms with Crippen LogP contribution in [-0.4, -0.2) is 31.1 Å². The maximum atomic E-state index is 3.54. The Morgan fingerprint density at radius 2 is 2.12 bits per heavy atom. The predicted molar refractivity (Wildman–Crippen MR) is 73.2 cm³/mol. The Morgan fingerprint density at radius 1 is 1.29 bits per heavy atom. The first-order valence-electron chi connectivity index (χ1n) is 6.73. The van der Waals surface area contributed by atoms with Crippen molar-refractivity contribution in [2.24, 2.45) is 0 Å². The van der Waals surface area contributed by atoms with Crippen LogP contribution in [0.15, 0.2) is 24.3 Å². The number of rotatable bonds is 3. The Hall–Kier alpha value is -0.860. The second-order valence-corrected chi connectivity index (χ2v) is 5.20. The van der Waals surface area contributed by atoms with Gasteiger partial charge < -0.3 is 5.32 Å². The van der Waals surface area contributed by atoms with Gasteiger partial charge in [-0.1, -0.05) is 30.7 Å². The molecule has 0 amide bonds. The summed E-state index contributed by atoms with van der Waals surface area (Å²) < 4.78 is 0. The highest BCUT2D eigenvalue weighted by atomic mass is 15.1. The lowest BCUT2D eigenvalue weighted by Gasteiger charge is -2.27. The molecule has 1 aromatic rings. The van der Waals surface area contributed by atoms with Crippen LogP contribution in [0, 0.1) is 6.92 Å². The van der Waals surface area contributed by atoms with Crippen molar-refractivity contribution in [3.8, 4) is 0 Å². The van der Waals surface area contributed by atoms with E-state index in [4.69, 9.17) is 0 Å². The Bertz CT molecular complexity index is 341. The average Bonchev–Trinajstić information content (AvgIpc) is 2.61. The molecule has 2 rings (SSSR count). The molecule has 1 saturated heterocycles. The summed E-state index contributed by atoms with van der Waals surface area (Å²) in [7, 11) is 2.25. The van der Waals surface area contributed by atoms with Gasteiger partial charge in [0.05, 0.1) is 0 Å². The summed E-state index contributed by atoms with van der Waals surface area (Å²) in [5.74, 6) is 0. The zero-order valence-electron chi connectivity index (χ0n) is 11.1. The number of nitrogens with one attached hydrogen (secondary N) is 1. The number of likely N-dealkylation sites (N-methyl/N-ethyl adjacent to an activating group) is 1.